The largest absolute Gasteiger partial charge is 0.444 e. The zero-order valence-electron chi connectivity index (χ0n) is 18.7. The summed E-state index contributed by atoms with van der Waals surface area (Å²) in [6.07, 6.45) is 2.71. The zero-order chi connectivity index (χ0) is 22.9. The molecule has 0 spiro atoms. The minimum atomic E-state index is -0.555. The van der Waals surface area contributed by atoms with Gasteiger partial charge in [-0.1, -0.05) is 34.1 Å². The van der Waals surface area contributed by atoms with Crippen LogP contribution in [-0.2, 0) is 20.7 Å². The highest BCUT2D eigenvalue weighted by atomic mass is 79.9. The Kier molecular flexibility index (Phi) is 9.81. The van der Waals surface area contributed by atoms with Crippen LogP contribution < -0.4 is 10.6 Å². The molecule has 31 heavy (non-hydrogen) atoms. The van der Waals surface area contributed by atoms with Crippen LogP contribution in [0.15, 0.2) is 28.7 Å². The number of piperidine rings is 1. The van der Waals surface area contributed by atoms with E-state index in [1.165, 1.54) is 0 Å². The maximum absolute atomic E-state index is 12.5. The monoisotopic (exact) mass is 495 g/mol. The van der Waals surface area contributed by atoms with Crippen LogP contribution in [-0.4, -0.2) is 54.6 Å². The number of carbonyl (C=O) groups is 3. The molecule has 3 amide bonds. The first kappa shape index (κ1) is 25.2. The topological polar surface area (TPSA) is 87.7 Å². The van der Waals surface area contributed by atoms with Gasteiger partial charge in [-0.25, -0.2) is 4.79 Å². The molecule has 0 unspecified atom stereocenters. The molecule has 0 atom stereocenters. The number of benzene rings is 1. The van der Waals surface area contributed by atoms with Crippen LogP contribution in [0.4, 0.5) is 4.79 Å². The third-order valence-electron chi connectivity index (χ3n) is 5.14. The number of likely N-dealkylation sites (tertiary alicyclic amines) is 1. The molecule has 1 aliphatic rings. The van der Waals surface area contributed by atoms with Crippen molar-refractivity contribution in [3.05, 3.63) is 34.3 Å². The second-order valence-electron chi connectivity index (χ2n) is 8.90. The minimum absolute atomic E-state index is 0.0944. The normalized spacial score (nSPS) is 14.8. The summed E-state index contributed by atoms with van der Waals surface area (Å²) >= 11 is 3.53. The van der Waals surface area contributed by atoms with Crippen LogP contribution in [0.2, 0.25) is 0 Å². The summed E-state index contributed by atoms with van der Waals surface area (Å²) in [6.45, 7) is 7.68. The van der Waals surface area contributed by atoms with Crippen molar-refractivity contribution in [1.29, 1.82) is 0 Å². The van der Waals surface area contributed by atoms with Crippen molar-refractivity contribution in [1.82, 2.24) is 15.5 Å². The van der Waals surface area contributed by atoms with Gasteiger partial charge in [-0.05, 0) is 57.6 Å². The molecule has 1 aromatic rings. The number of hydrogen-bond acceptors (Lipinski definition) is 4. The van der Waals surface area contributed by atoms with Crippen LogP contribution in [0, 0.1) is 5.92 Å². The van der Waals surface area contributed by atoms with E-state index < -0.39 is 11.7 Å². The number of ether oxygens (including phenoxy) is 1. The third kappa shape index (κ3) is 9.72. The van der Waals surface area contributed by atoms with Crippen LogP contribution >= 0.6 is 15.9 Å². The van der Waals surface area contributed by atoms with E-state index in [-0.39, 0.29) is 24.8 Å². The molecule has 7 nitrogen and oxygen atoms in total. The molecule has 0 aliphatic carbocycles. The van der Waals surface area contributed by atoms with Gasteiger partial charge in [-0.2, -0.15) is 0 Å². The van der Waals surface area contributed by atoms with Gasteiger partial charge >= 0.3 is 6.09 Å². The fraction of sp³-hybridized carbons (Fsp3) is 0.609. The Morgan fingerprint density at radius 1 is 1.10 bits per heavy atom. The van der Waals surface area contributed by atoms with E-state index in [0.717, 1.165) is 42.4 Å². The first-order valence-corrected chi connectivity index (χ1v) is 11.7. The highest BCUT2D eigenvalue weighted by molar-refractivity contribution is 9.10. The van der Waals surface area contributed by atoms with E-state index in [1.54, 1.807) is 20.8 Å². The second kappa shape index (κ2) is 12.1. The zero-order valence-corrected chi connectivity index (χ0v) is 20.3. The average molecular weight is 496 g/mol. The first-order valence-electron chi connectivity index (χ1n) is 10.9. The Morgan fingerprint density at radius 2 is 1.77 bits per heavy atom. The number of carbonyl (C=O) groups excluding carboxylic acids is 3. The molecule has 0 aromatic heterocycles. The van der Waals surface area contributed by atoms with Crippen molar-refractivity contribution in [2.75, 3.05) is 26.2 Å². The summed E-state index contributed by atoms with van der Waals surface area (Å²) in [6, 6.07) is 7.98. The third-order valence-corrected chi connectivity index (χ3v) is 5.92. The van der Waals surface area contributed by atoms with Crippen LogP contribution in [0.5, 0.6) is 0 Å². The van der Waals surface area contributed by atoms with Crippen molar-refractivity contribution in [2.24, 2.45) is 5.92 Å². The summed E-state index contributed by atoms with van der Waals surface area (Å²) < 4.78 is 6.18. The molecule has 1 heterocycles. The summed E-state index contributed by atoms with van der Waals surface area (Å²) in [5.41, 5.74) is 0.593. The van der Waals surface area contributed by atoms with E-state index in [0.29, 0.717) is 18.9 Å². The minimum Gasteiger partial charge on any atom is -0.444 e. The number of halogens is 1. The number of nitrogens with zero attached hydrogens (tertiary/aromatic N) is 1. The lowest BCUT2D eigenvalue weighted by molar-refractivity contribution is -0.132. The molecule has 0 radical (unpaired) electrons. The molecular formula is C23H34BrN3O4. The Hall–Kier alpha value is -2.09. The molecule has 172 valence electrons. The van der Waals surface area contributed by atoms with Crippen LogP contribution in [0.25, 0.3) is 0 Å². The molecule has 1 fully saturated rings. The quantitative estimate of drug-likeness (QED) is 0.575. The van der Waals surface area contributed by atoms with E-state index in [2.05, 4.69) is 26.6 Å². The predicted octanol–water partition coefficient (Wildman–Crippen LogP) is 3.65. The Balaban J connectivity index is 1.59. The van der Waals surface area contributed by atoms with Gasteiger partial charge in [-0.3, -0.25) is 9.59 Å². The summed E-state index contributed by atoms with van der Waals surface area (Å²) in [4.78, 5) is 38.0. The van der Waals surface area contributed by atoms with Gasteiger partial charge < -0.3 is 20.3 Å². The van der Waals surface area contributed by atoms with Crippen molar-refractivity contribution < 1.29 is 19.1 Å². The van der Waals surface area contributed by atoms with Crippen molar-refractivity contribution in [2.45, 2.75) is 58.5 Å². The predicted molar refractivity (Wildman–Crippen MR) is 124 cm³/mol. The van der Waals surface area contributed by atoms with Gasteiger partial charge in [-0.15, -0.1) is 0 Å². The summed E-state index contributed by atoms with van der Waals surface area (Å²) in [5, 5.41) is 5.52. The maximum Gasteiger partial charge on any atom is 0.407 e. The highest BCUT2D eigenvalue weighted by Gasteiger charge is 2.23. The average Bonchev–Trinajstić information content (AvgIpc) is 2.70. The van der Waals surface area contributed by atoms with Crippen LogP contribution in [0.1, 0.15) is 52.0 Å². The lowest BCUT2D eigenvalue weighted by Crippen LogP contribution is -2.42. The van der Waals surface area contributed by atoms with E-state index in [1.807, 2.05) is 29.2 Å². The second-order valence-corrected chi connectivity index (χ2v) is 9.75. The maximum atomic E-state index is 12.5. The van der Waals surface area contributed by atoms with E-state index in [9.17, 15) is 14.4 Å². The molecule has 0 bridgehead atoms. The van der Waals surface area contributed by atoms with Gasteiger partial charge in [0.1, 0.15) is 5.60 Å². The van der Waals surface area contributed by atoms with Gasteiger partial charge in [0.05, 0.1) is 0 Å². The first-order chi connectivity index (χ1) is 14.6. The molecule has 1 aliphatic heterocycles. The van der Waals surface area contributed by atoms with Crippen molar-refractivity contribution in [3.8, 4) is 0 Å². The number of aryl methyl sites for hydroxylation is 1. The summed E-state index contributed by atoms with van der Waals surface area (Å²) in [7, 11) is 0. The summed E-state index contributed by atoms with van der Waals surface area (Å²) in [5.74, 6) is 0.463. The fourth-order valence-electron chi connectivity index (χ4n) is 3.43. The molecule has 1 aromatic carbocycles. The number of alkyl carbamates (subject to hydrolysis) is 1. The van der Waals surface area contributed by atoms with Gasteiger partial charge in [0.15, 0.2) is 0 Å². The molecular weight excluding hydrogens is 462 g/mol. The molecule has 0 saturated carbocycles. The molecule has 8 heteroatoms. The van der Waals surface area contributed by atoms with Crippen LogP contribution in [0.3, 0.4) is 0 Å². The number of rotatable bonds is 8. The lowest BCUT2D eigenvalue weighted by Gasteiger charge is -2.32. The number of nitrogens with one attached hydrogen (secondary N) is 2. The fourth-order valence-corrected chi connectivity index (χ4v) is 3.91. The Morgan fingerprint density at radius 3 is 2.42 bits per heavy atom. The van der Waals surface area contributed by atoms with Gasteiger partial charge in [0, 0.05) is 43.5 Å². The Labute approximate surface area is 193 Å². The van der Waals surface area contributed by atoms with Crippen molar-refractivity contribution in [3.63, 3.8) is 0 Å². The smallest absolute Gasteiger partial charge is 0.407 e. The van der Waals surface area contributed by atoms with Gasteiger partial charge in [0.25, 0.3) is 0 Å². The number of hydrogen-bond donors (Lipinski definition) is 2. The molecule has 2 N–H and O–H groups in total. The Bertz CT molecular complexity index is 755. The SMILES string of the molecule is CC(C)(C)OC(=O)NCCC(=O)NCC1CCN(C(=O)CCc2ccccc2Br)CC1. The standard InChI is InChI=1S/C23H34BrN3O4/c1-23(2,3)31-22(30)25-13-10-20(28)26-16-17-11-14-27(15-12-17)21(29)9-8-18-6-4-5-7-19(18)24/h4-7,17H,8-16H2,1-3H3,(H,25,30)(H,26,28). The van der Waals surface area contributed by atoms with E-state index in [4.69, 9.17) is 4.74 Å². The van der Waals surface area contributed by atoms with Crippen molar-refractivity contribution >= 4 is 33.8 Å². The van der Waals surface area contributed by atoms with E-state index >= 15 is 0 Å². The lowest BCUT2D eigenvalue weighted by atomic mass is 9.96. The van der Waals surface area contributed by atoms with Gasteiger partial charge in [0.2, 0.25) is 11.8 Å². The number of amides is 3. The molecule has 1 saturated heterocycles. The molecule has 2 rings (SSSR count). The highest BCUT2D eigenvalue weighted by Crippen LogP contribution is 2.20.